The van der Waals surface area contributed by atoms with E-state index in [9.17, 15) is 9.59 Å². The van der Waals surface area contributed by atoms with E-state index in [4.69, 9.17) is 4.84 Å². The van der Waals surface area contributed by atoms with Gasteiger partial charge in [0, 0.05) is 12.7 Å². The van der Waals surface area contributed by atoms with Crippen LogP contribution in [0.15, 0.2) is 53.7 Å². The first-order valence-electron chi connectivity index (χ1n) is 9.21. The van der Waals surface area contributed by atoms with Gasteiger partial charge in [-0.15, -0.1) is 0 Å². The minimum absolute atomic E-state index is 0.0591. The Labute approximate surface area is 166 Å². The number of hydrogen-bond acceptors (Lipinski definition) is 4. The predicted octanol–water partition coefficient (Wildman–Crippen LogP) is 3.57. The number of nitrogens with zero attached hydrogens (tertiary/aromatic N) is 2. The number of anilines is 1. The second-order valence-corrected chi connectivity index (χ2v) is 6.99. The third kappa shape index (κ3) is 6.87. The van der Waals surface area contributed by atoms with E-state index in [-0.39, 0.29) is 25.0 Å². The van der Waals surface area contributed by atoms with Crippen molar-refractivity contribution in [2.24, 2.45) is 5.16 Å². The zero-order valence-corrected chi connectivity index (χ0v) is 16.8. The average molecular weight is 381 g/mol. The first-order valence-corrected chi connectivity index (χ1v) is 9.21. The molecule has 0 heterocycles. The maximum atomic E-state index is 12.1. The molecule has 0 bridgehead atoms. The summed E-state index contributed by atoms with van der Waals surface area (Å²) in [6.45, 7) is 5.96. The highest BCUT2D eigenvalue weighted by Crippen LogP contribution is 2.14. The fraction of sp³-hybridized carbons (Fsp3) is 0.318. The lowest BCUT2D eigenvalue weighted by Gasteiger charge is -2.16. The van der Waals surface area contributed by atoms with Gasteiger partial charge in [-0.1, -0.05) is 61.0 Å². The van der Waals surface area contributed by atoms with Crippen molar-refractivity contribution in [3.8, 4) is 0 Å². The molecule has 148 valence electrons. The minimum Gasteiger partial charge on any atom is -0.386 e. The molecule has 6 nitrogen and oxygen atoms in total. The van der Waals surface area contributed by atoms with Crippen LogP contribution in [0.2, 0.25) is 0 Å². The molecule has 0 aromatic heterocycles. The zero-order chi connectivity index (χ0) is 20.5. The number of hydrogen-bond donors (Lipinski definition) is 1. The van der Waals surface area contributed by atoms with Crippen LogP contribution in [-0.2, 0) is 14.4 Å². The van der Waals surface area contributed by atoms with Gasteiger partial charge in [0.25, 0.3) is 5.91 Å². The molecule has 0 atom stereocenters. The van der Waals surface area contributed by atoms with Gasteiger partial charge in [0.1, 0.15) is 0 Å². The number of nitrogens with one attached hydrogen (secondary N) is 1. The van der Waals surface area contributed by atoms with Gasteiger partial charge in [0.05, 0.1) is 12.8 Å². The molecule has 2 amide bonds. The topological polar surface area (TPSA) is 71.0 Å². The summed E-state index contributed by atoms with van der Waals surface area (Å²) in [6, 6.07) is 15.4. The molecule has 2 aromatic carbocycles. The van der Waals surface area contributed by atoms with E-state index in [2.05, 4.69) is 24.3 Å². The molecular weight excluding hydrogens is 354 g/mol. The van der Waals surface area contributed by atoms with Crippen LogP contribution in [0.3, 0.4) is 0 Å². The summed E-state index contributed by atoms with van der Waals surface area (Å²) in [6.07, 6.45) is 1.56. The molecule has 0 saturated carbocycles. The Balaban J connectivity index is 1.74. The predicted molar refractivity (Wildman–Crippen MR) is 112 cm³/mol. The number of amides is 2. The molecule has 2 rings (SSSR count). The van der Waals surface area contributed by atoms with E-state index >= 15 is 0 Å². The maximum Gasteiger partial charge on any atom is 0.263 e. The third-order valence-corrected chi connectivity index (χ3v) is 4.21. The molecule has 0 saturated heterocycles. The quantitative estimate of drug-likeness (QED) is 0.561. The van der Waals surface area contributed by atoms with Gasteiger partial charge in [-0.3, -0.25) is 9.59 Å². The van der Waals surface area contributed by atoms with Crippen LogP contribution in [0, 0.1) is 6.92 Å². The van der Waals surface area contributed by atoms with Crippen molar-refractivity contribution in [3.63, 3.8) is 0 Å². The van der Waals surface area contributed by atoms with Crippen LogP contribution in [0.4, 0.5) is 5.69 Å². The van der Waals surface area contributed by atoms with Crippen LogP contribution in [-0.4, -0.2) is 43.1 Å². The van der Waals surface area contributed by atoms with Crippen LogP contribution in [0.1, 0.15) is 36.5 Å². The van der Waals surface area contributed by atoms with Crippen molar-refractivity contribution in [3.05, 3.63) is 65.2 Å². The first-order chi connectivity index (χ1) is 13.3. The van der Waals surface area contributed by atoms with Gasteiger partial charge in [-0.25, -0.2) is 0 Å². The fourth-order valence-electron chi connectivity index (χ4n) is 2.41. The van der Waals surface area contributed by atoms with Gasteiger partial charge in [0.2, 0.25) is 5.91 Å². The second kappa shape index (κ2) is 10.3. The molecule has 2 aromatic rings. The molecule has 0 aliphatic carbocycles. The lowest BCUT2D eigenvalue weighted by atomic mass is 10.0. The highest BCUT2D eigenvalue weighted by molar-refractivity contribution is 5.94. The summed E-state index contributed by atoms with van der Waals surface area (Å²) >= 11 is 0. The highest BCUT2D eigenvalue weighted by atomic mass is 16.6. The second-order valence-electron chi connectivity index (χ2n) is 6.99. The first kappa shape index (κ1) is 21.2. The monoisotopic (exact) mass is 381 g/mol. The number of aryl methyl sites for hydroxylation is 1. The number of rotatable bonds is 8. The Morgan fingerprint density at radius 3 is 2.36 bits per heavy atom. The Morgan fingerprint density at radius 1 is 1.11 bits per heavy atom. The number of carbonyl (C=O) groups is 2. The lowest BCUT2D eigenvalue weighted by molar-refractivity contribution is -0.137. The molecule has 0 aliphatic heterocycles. The van der Waals surface area contributed by atoms with Crippen LogP contribution in [0.25, 0.3) is 0 Å². The number of benzene rings is 2. The van der Waals surface area contributed by atoms with Gasteiger partial charge < -0.3 is 15.1 Å². The average Bonchev–Trinajstić information content (AvgIpc) is 2.67. The Kier molecular flexibility index (Phi) is 7.75. The Bertz CT molecular complexity index is 812. The van der Waals surface area contributed by atoms with E-state index in [1.807, 2.05) is 55.5 Å². The number of likely N-dealkylation sites (N-methyl/N-ethyl adjacent to an activating group) is 1. The fourth-order valence-corrected chi connectivity index (χ4v) is 2.41. The SMILES string of the molecule is Cc1ccc(NC(=O)CN(C)C(=O)CO/N=C\c2ccc(C(C)C)cc2)cc1. The third-order valence-electron chi connectivity index (χ3n) is 4.21. The number of oxime groups is 1. The van der Waals surface area contributed by atoms with Crippen molar-refractivity contribution in [2.75, 3.05) is 25.5 Å². The van der Waals surface area contributed by atoms with E-state index in [1.54, 1.807) is 13.3 Å². The molecule has 1 N–H and O–H groups in total. The van der Waals surface area contributed by atoms with Crippen LogP contribution in [0.5, 0.6) is 0 Å². The van der Waals surface area contributed by atoms with Gasteiger partial charge in [0.15, 0.2) is 6.61 Å². The molecule has 0 fully saturated rings. The van der Waals surface area contributed by atoms with E-state index in [0.717, 1.165) is 11.1 Å². The minimum atomic E-state index is -0.327. The molecule has 0 unspecified atom stereocenters. The summed E-state index contributed by atoms with van der Waals surface area (Å²) < 4.78 is 0. The standard InChI is InChI=1S/C22H27N3O3/c1-16(2)19-9-7-18(8-10-19)13-23-28-15-22(27)25(4)14-21(26)24-20-11-5-17(3)6-12-20/h5-13,16H,14-15H2,1-4H3,(H,24,26)/b23-13-. The smallest absolute Gasteiger partial charge is 0.263 e. The summed E-state index contributed by atoms with van der Waals surface area (Å²) in [5.41, 5.74) is 3.95. The van der Waals surface area contributed by atoms with E-state index in [1.165, 1.54) is 10.5 Å². The van der Waals surface area contributed by atoms with Gasteiger partial charge in [-0.05, 0) is 36.1 Å². The normalized spacial score (nSPS) is 10.9. The lowest BCUT2D eigenvalue weighted by Crippen LogP contribution is -2.36. The van der Waals surface area contributed by atoms with Crippen molar-refractivity contribution in [1.82, 2.24) is 4.90 Å². The molecular formula is C22H27N3O3. The summed E-state index contributed by atoms with van der Waals surface area (Å²) in [5, 5.41) is 6.57. The van der Waals surface area contributed by atoms with Crippen molar-refractivity contribution >= 4 is 23.7 Å². The molecule has 0 spiro atoms. The molecule has 0 aliphatic rings. The largest absolute Gasteiger partial charge is 0.386 e. The molecule has 0 radical (unpaired) electrons. The summed E-state index contributed by atoms with van der Waals surface area (Å²) in [5.74, 6) is -0.126. The van der Waals surface area contributed by atoms with Crippen LogP contribution >= 0.6 is 0 Å². The summed E-state index contributed by atoms with van der Waals surface area (Å²) in [7, 11) is 1.55. The molecule has 6 heteroatoms. The molecule has 28 heavy (non-hydrogen) atoms. The van der Waals surface area contributed by atoms with Crippen molar-refractivity contribution in [2.45, 2.75) is 26.7 Å². The number of carbonyl (C=O) groups excluding carboxylic acids is 2. The van der Waals surface area contributed by atoms with E-state index in [0.29, 0.717) is 11.6 Å². The Hall–Kier alpha value is -3.15. The van der Waals surface area contributed by atoms with Gasteiger partial charge in [-0.2, -0.15) is 0 Å². The Morgan fingerprint density at radius 2 is 1.75 bits per heavy atom. The van der Waals surface area contributed by atoms with Crippen molar-refractivity contribution < 1.29 is 14.4 Å². The maximum absolute atomic E-state index is 12.1. The summed E-state index contributed by atoms with van der Waals surface area (Å²) in [4.78, 5) is 30.4. The van der Waals surface area contributed by atoms with Gasteiger partial charge >= 0.3 is 0 Å². The zero-order valence-electron chi connectivity index (χ0n) is 16.8. The highest BCUT2D eigenvalue weighted by Gasteiger charge is 2.13. The van der Waals surface area contributed by atoms with E-state index < -0.39 is 0 Å². The van der Waals surface area contributed by atoms with Crippen molar-refractivity contribution in [1.29, 1.82) is 0 Å². The van der Waals surface area contributed by atoms with Crippen LogP contribution < -0.4 is 5.32 Å².